The Morgan fingerprint density at radius 2 is 2.00 bits per heavy atom. The van der Waals surface area contributed by atoms with Crippen LogP contribution in [-0.2, 0) is 11.4 Å². The summed E-state index contributed by atoms with van der Waals surface area (Å²) in [6.45, 7) is 0.233. The third-order valence-corrected chi connectivity index (χ3v) is 6.47. The molecule has 1 N–H and O–H groups in total. The van der Waals surface area contributed by atoms with Gasteiger partial charge in [-0.25, -0.2) is 15.0 Å². The van der Waals surface area contributed by atoms with E-state index in [2.05, 4.69) is 32.5 Å². The third kappa shape index (κ3) is 4.28. The fourth-order valence-electron chi connectivity index (χ4n) is 4.25. The minimum atomic E-state index is -0.113. The lowest BCUT2D eigenvalue weighted by Gasteiger charge is -2.09. The van der Waals surface area contributed by atoms with Crippen LogP contribution in [-0.4, -0.2) is 25.3 Å². The number of hydrogen-bond donors (Lipinski definition) is 1. The number of carbonyl (C=O) groups is 1. The number of benzene rings is 1. The topological polar surface area (TPSA) is 81.4 Å². The Hall–Kier alpha value is -3.45. The molecular weight excluding hydrogens is 438 g/mol. The molecule has 4 aromatic rings. The monoisotopic (exact) mass is 459 g/mol. The van der Waals surface area contributed by atoms with E-state index in [1.165, 1.54) is 24.6 Å². The smallest absolute Gasteiger partial charge is 0.258 e. The van der Waals surface area contributed by atoms with E-state index in [4.69, 9.17) is 16.3 Å². The second kappa shape index (κ2) is 8.15. The van der Waals surface area contributed by atoms with Gasteiger partial charge in [-0.2, -0.15) is 0 Å². The lowest BCUT2D eigenvalue weighted by molar-refractivity contribution is -0.117. The summed E-state index contributed by atoms with van der Waals surface area (Å²) in [4.78, 5) is 25.9. The van der Waals surface area contributed by atoms with E-state index in [9.17, 15) is 4.79 Å². The molecule has 166 valence electrons. The van der Waals surface area contributed by atoms with Crippen molar-refractivity contribution in [1.29, 1.82) is 0 Å². The van der Waals surface area contributed by atoms with Gasteiger partial charge in [0.25, 0.3) is 5.88 Å². The Labute approximate surface area is 195 Å². The third-order valence-electron chi connectivity index (χ3n) is 6.24. The Morgan fingerprint density at radius 1 is 1.12 bits per heavy atom. The summed E-state index contributed by atoms with van der Waals surface area (Å²) >= 11 is 6.09. The van der Waals surface area contributed by atoms with E-state index in [1.807, 2.05) is 40.9 Å². The summed E-state index contributed by atoms with van der Waals surface area (Å²) in [5.41, 5.74) is 4.10. The number of rotatable bonds is 7. The van der Waals surface area contributed by atoms with E-state index in [1.54, 1.807) is 6.20 Å². The molecule has 0 spiro atoms. The highest BCUT2D eigenvalue weighted by atomic mass is 35.5. The van der Waals surface area contributed by atoms with Crippen molar-refractivity contribution in [3.05, 3.63) is 83.0 Å². The van der Waals surface area contributed by atoms with Gasteiger partial charge in [0.15, 0.2) is 5.82 Å². The number of amides is 1. The molecule has 0 bridgehead atoms. The lowest BCUT2D eigenvalue weighted by atomic mass is 10.1. The van der Waals surface area contributed by atoms with Crippen molar-refractivity contribution < 1.29 is 9.53 Å². The molecule has 0 saturated heterocycles. The van der Waals surface area contributed by atoms with Crippen LogP contribution >= 0.6 is 11.6 Å². The molecule has 3 aromatic heterocycles. The van der Waals surface area contributed by atoms with Gasteiger partial charge >= 0.3 is 0 Å². The van der Waals surface area contributed by atoms with Crippen molar-refractivity contribution in [1.82, 2.24) is 19.4 Å². The Balaban J connectivity index is 1.12. The van der Waals surface area contributed by atoms with E-state index in [0.29, 0.717) is 16.8 Å². The van der Waals surface area contributed by atoms with Gasteiger partial charge in [-0.05, 0) is 60.4 Å². The summed E-state index contributed by atoms with van der Waals surface area (Å²) in [5.74, 6) is 1.25. The van der Waals surface area contributed by atoms with Crippen molar-refractivity contribution in [2.75, 3.05) is 5.32 Å². The molecule has 2 aliphatic rings. The number of pyridine rings is 1. The van der Waals surface area contributed by atoms with Crippen LogP contribution in [0.25, 0.3) is 5.65 Å². The molecule has 0 aliphatic heterocycles. The van der Waals surface area contributed by atoms with Crippen molar-refractivity contribution >= 4 is 29.0 Å². The number of nitrogens with one attached hydrogen (secondary N) is 1. The predicted octanol–water partition coefficient (Wildman–Crippen LogP) is 4.98. The summed E-state index contributed by atoms with van der Waals surface area (Å²) in [7, 11) is 0. The highest BCUT2D eigenvalue weighted by Gasteiger charge is 2.44. The number of halogens is 1. The maximum absolute atomic E-state index is 12.8. The molecule has 7 nitrogen and oxygen atoms in total. The van der Waals surface area contributed by atoms with Gasteiger partial charge in [-0.1, -0.05) is 29.8 Å². The maximum Gasteiger partial charge on any atom is 0.258 e. The van der Waals surface area contributed by atoms with Gasteiger partial charge in [-0.15, -0.1) is 0 Å². The van der Waals surface area contributed by atoms with Gasteiger partial charge in [0, 0.05) is 35.7 Å². The second-order valence-corrected chi connectivity index (χ2v) is 9.16. The molecule has 2 atom stereocenters. The van der Waals surface area contributed by atoms with Gasteiger partial charge < -0.3 is 14.5 Å². The molecule has 2 aliphatic carbocycles. The first-order chi connectivity index (χ1) is 16.1. The van der Waals surface area contributed by atoms with Gasteiger partial charge in [-0.3, -0.25) is 4.79 Å². The number of ether oxygens (including phenoxy) is 1. The van der Waals surface area contributed by atoms with E-state index < -0.39 is 0 Å². The Morgan fingerprint density at radius 3 is 2.85 bits per heavy atom. The van der Waals surface area contributed by atoms with E-state index in [-0.39, 0.29) is 30.2 Å². The Kier molecular flexibility index (Phi) is 4.99. The van der Waals surface area contributed by atoms with Crippen LogP contribution in [0.15, 0.2) is 61.2 Å². The van der Waals surface area contributed by atoms with Gasteiger partial charge in [0.2, 0.25) is 5.91 Å². The standard InChI is InChI=1S/C25H22ClN5O2/c26-18-3-1-2-16(10-18)20-11-21(20)24(32)30-23-25(28-9-8-27-23)33-14-19-13-31-12-17(15-4-5-15)6-7-22(31)29-19/h1-3,6-10,12-13,15,20-21H,4-5,11,14H2,(H,27,30,32)/t20-,21+/m1/s1. The summed E-state index contributed by atoms with van der Waals surface area (Å²) in [5, 5.41) is 3.56. The minimum Gasteiger partial charge on any atom is -0.468 e. The predicted molar refractivity (Wildman–Crippen MR) is 124 cm³/mol. The summed E-state index contributed by atoms with van der Waals surface area (Å²) in [6, 6.07) is 11.8. The minimum absolute atomic E-state index is 0.0920. The molecule has 8 heteroatoms. The second-order valence-electron chi connectivity index (χ2n) is 8.73. The lowest BCUT2D eigenvalue weighted by Crippen LogP contribution is -2.17. The number of carbonyl (C=O) groups excluding carboxylic acids is 1. The SMILES string of the molecule is O=C(Nc1nccnc1OCc1cn2cc(C3CC3)ccc2n1)[C@H]1C[C@@H]1c1cccc(Cl)c1. The molecular formula is C25H22ClN5O2. The zero-order chi connectivity index (χ0) is 22.4. The first-order valence-corrected chi connectivity index (χ1v) is 11.5. The highest BCUT2D eigenvalue weighted by molar-refractivity contribution is 6.30. The van der Waals surface area contributed by atoms with Gasteiger partial charge in [0.05, 0.1) is 5.69 Å². The number of hydrogen-bond acceptors (Lipinski definition) is 5. The molecule has 3 heterocycles. The fraction of sp³-hybridized carbons (Fsp3) is 0.280. The average Bonchev–Trinajstić information content (AvgIpc) is 3.74. The van der Waals surface area contributed by atoms with Crippen LogP contribution in [0.4, 0.5) is 5.82 Å². The largest absolute Gasteiger partial charge is 0.468 e. The van der Waals surface area contributed by atoms with Crippen LogP contribution in [0.5, 0.6) is 5.88 Å². The molecule has 0 radical (unpaired) electrons. The maximum atomic E-state index is 12.8. The first-order valence-electron chi connectivity index (χ1n) is 11.1. The molecule has 1 aromatic carbocycles. The van der Waals surface area contributed by atoms with Crippen LogP contribution < -0.4 is 10.1 Å². The fourth-order valence-corrected chi connectivity index (χ4v) is 4.45. The normalized spacial score (nSPS) is 19.4. The summed E-state index contributed by atoms with van der Waals surface area (Å²) < 4.78 is 7.93. The Bertz CT molecular complexity index is 1350. The van der Waals surface area contributed by atoms with Crippen LogP contribution in [0, 0.1) is 5.92 Å². The van der Waals surface area contributed by atoms with Crippen LogP contribution in [0.1, 0.15) is 47.9 Å². The quantitative estimate of drug-likeness (QED) is 0.421. The van der Waals surface area contributed by atoms with E-state index in [0.717, 1.165) is 23.3 Å². The zero-order valence-electron chi connectivity index (χ0n) is 17.8. The van der Waals surface area contributed by atoms with Crippen molar-refractivity contribution in [2.45, 2.75) is 37.7 Å². The molecule has 1 amide bonds. The van der Waals surface area contributed by atoms with Crippen LogP contribution in [0.3, 0.4) is 0 Å². The molecule has 2 fully saturated rings. The number of fused-ring (bicyclic) bond motifs is 1. The number of imidazole rings is 1. The van der Waals surface area contributed by atoms with Gasteiger partial charge in [0.1, 0.15) is 12.3 Å². The van der Waals surface area contributed by atoms with Crippen molar-refractivity contribution in [2.24, 2.45) is 5.92 Å². The molecule has 33 heavy (non-hydrogen) atoms. The van der Waals surface area contributed by atoms with E-state index >= 15 is 0 Å². The summed E-state index contributed by atoms with van der Waals surface area (Å²) in [6.07, 6.45) is 10.5. The number of nitrogens with zero attached hydrogens (tertiary/aromatic N) is 4. The molecule has 0 unspecified atom stereocenters. The van der Waals surface area contributed by atoms with Crippen molar-refractivity contribution in [3.8, 4) is 5.88 Å². The number of aromatic nitrogens is 4. The first kappa shape index (κ1) is 20.2. The molecule has 6 rings (SSSR count). The highest BCUT2D eigenvalue weighted by Crippen LogP contribution is 2.48. The van der Waals surface area contributed by atoms with Crippen LogP contribution in [0.2, 0.25) is 5.02 Å². The average molecular weight is 460 g/mol. The van der Waals surface area contributed by atoms with Crippen molar-refractivity contribution in [3.63, 3.8) is 0 Å². The zero-order valence-corrected chi connectivity index (χ0v) is 18.6. The molecule has 2 saturated carbocycles. The number of anilines is 1.